The molecule has 1 heterocycles. The van der Waals surface area contributed by atoms with Crippen LogP contribution in [0.25, 0.3) is 11.1 Å². The van der Waals surface area contributed by atoms with Crippen LogP contribution >= 0.6 is 0 Å². The molecule has 2 aliphatic carbocycles. The fraction of sp³-hybridized carbons (Fsp3) is 0.441. The van der Waals surface area contributed by atoms with E-state index in [9.17, 15) is 9.50 Å². The predicted molar refractivity (Wildman–Crippen MR) is 155 cm³/mol. The molecule has 1 saturated carbocycles. The van der Waals surface area contributed by atoms with Gasteiger partial charge < -0.3 is 14.6 Å². The number of aromatic nitrogens is 1. The molecule has 4 nitrogen and oxygen atoms in total. The van der Waals surface area contributed by atoms with E-state index in [2.05, 4.69) is 35.3 Å². The highest BCUT2D eigenvalue weighted by Gasteiger charge is 2.23. The highest BCUT2D eigenvalue weighted by Crippen LogP contribution is 2.41. The largest absolute Gasteiger partial charge is 0.508 e. The Labute approximate surface area is 231 Å². The van der Waals surface area contributed by atoms with Crippen LogP contribution in [-0.4, -0.2) is 30.0 Å². The van der Waals surface area contributed by atoms with Crippen molar-refractivity contribution in [2.75, 3.05) is 13.8 Å². The first kappa shape index (κ1) is 27.2. The second-order valence-electron chi connectivity index (χ2n) is 11.0. The summed E-state index contributed by atoms with van der Waals surface area (Å²) in [5.74, 6) is 2.59. The van der Waals surface area contributed by atoms with E-state index in [0.717, 1.165) is 73.3 Å². The lowest BCUT2D eigenvalue weighted by atomic mass is 9.84. The standard InChI is InChI=1S/C34H40FNO3/c1-38-33-23-27(19-21-36-33)31-8-5-7-26-22-28(37)13-18-32(26)34(31)25-11-16-30(17-12-25)39-29-14-9-24(10-15-29)6-3-2-4-20-35/h11-13,16-19,21-24,29,37H,2-10,14-15,20H2,1H3. The molecule has 39 heavy (non-hydrogen) atoms. The van der Waals surface area contributed by atoms with E-state index in [1.54, 1.807) is 19.4 Å². The summed E-state index contributed by atoms with van der Waals surface area (Å²) in [6, 6.07) is 18.3. The van der Waals surface area contributed by atoms with Gasteiger partial charge in [-0.05, 0) is 121 Å². The smallest absolute Gasteiger partial charge is 0.213 e. The van der Waals surface area contributed by atoms with E-state index in [4.69, 9.17) is 9.47 Å². The first-order chi connectivity index (χ1) is 19.1. The number of unbranched alkanes of at least 4 members (excludes halogenated alkanes) is 2. The van der Waals surface area contributed by atoms with Crippen molar-refractivity contribution < 1.29 is 19.0 Å². The quantitative estimate of drug-likeness (QED) is 0.267. The lowest BCUT2D eigenvalue weighted by molar-refractivity contribution is 0.127. The maximum absolute atomic E-state index is 12.3. The molecular formula is C34H40FNO3. The Hall–Kier alpha value is -3.34. The number of aryl methyl sites for hydroxylation is 1. The molecule has 0 atom stereocenters. The van der Waals surface area contributed by atoms with Crippen molar-refractivity contribution in [3.63, 3.8) is 0 Å². The van der Waals surface area contributed by atoms with Crippen LogP contribution in [-0.2, 0) is 6.42 Å². The van der Waals surface area contributed by atoms with E-state index >= 15 is 0 Å². The van der Waals surface area contributed by atoms with Gasteiger partial charge >= 0.3 is 0 Å². The van der Waals surface area contributed by atoms with Crippen LogP contribution in [0.4, 0.5) is 4.39 Å². The van der Waals surface area contributed by atoms with E-state index in [-0.39, 0.29) is 12.8 Å². The van der Waals surface area contributed by atoms with Crippen LogP contribution in [0.1, 0.15) is 86.5 Å². The van der Waals surface area contributed by atoms with Gasteiger partial charge in [0.15, 0.2) is 0 Å². The number of allylic oxidation sites excluding steroid dienone is 1. The van der Waals surface area contributed by atoms with E-state index in [0.29, 0.717) is 18.1 Å². The van der Waals surface area contributed by atoms with Crippen molar-refractivity contribution in [2.45, 2.75) is 76.7 Å². The molecule has 3 aromatic rings. The van der Waals surface area contributed by atoms with Crippen LogP contribution in [0, 0.1) is 5.92 Å². The Morgan fingerprint density at radius 3 is 2.49 bits per heavy atom. The van der Waals surface area contributed by atoms with Gasteiger partial charge in [0, 0.05) is 12.3 Å². The second kappa shape index (κ2) is 13.1. The number of hydrogen-bond donors (Lipinski definition) is 1. The number of pyridine rings is 1. The average Bonchev–Trinajstić information content (AvgIpc) is 3.16. The molecule has 0 radical (unpaired) electrons. The first-order valence-electron chi connectivity index (χ1n) is 14.5. The molecule has 0 aliphatic heterocycles. The summed E-state index contributed by atoms with van der Waals surface area (Å²) >= 11 is 0. The molecule has 1 fully saturated rings. The number of nitrogens with zero attached hydrogens (tertiary/aromatic N) is 1. The average molecular weight is 530 g/mol. The minimum absolute atomic E-state index is 0.188. The van der Waals surface area contributed by atoms with Gasteiger partial charge in [0.2, 0.25) is 5.88 Å². The molecule has 1 N–H and O–H groups in total. The fourth-order valence-corrected chi connectivity index (χ4v) is 6.24. The topological polar surface area (TPSA) is 51.6 Å². The maximum atomic E-state index is 12.3. The third-order valence-corrected chi connectivity index (χ3v) is 8.31. The fourth-order valence-electron chi connectivity index (χ4n) is 6.24. The van der Waals surface area contributed by atoms with Crippen molar-refractivity contribution in [1.29, 1.82) is 0 Å². The molecule has 0 unspecified atom stereocenters. The van der Waals surface area contributed by atoms with Crippen LogP contribution in [0.15, 0.2) is 60.8 Å². The summed E-state index contributed by atoms with van der Waals surface area (Å²) in [6.45, 7) is -0.188. The van der Waals surface area contributed by atoms with Crippen molar-refractivity contribution >= 4 is 11.1 Å². The Morgan fingerprint density at radius 2 is 1.72 bits per heavy atom. The van der Waals surface area contributed by atoms with Gasteiger partial charge in [0.05, 0.1) is 19.9 Å². The van der Waals surface area contributed by atoms with Gasteiger partial charge in [-0.3, -0.25) is 4.39 Å². The van der Waals surface area contributed by atoms with Crippen molar-refractivity contribution in [1.82, 2.24) is 4.98 Å². The molecule has 0 spiro atoms. The molecule has 0 saturated heterocycles. The molecule has 5 rings (SSSR count). The summed E-state index contributed by atoms with van der Waals surface area (Å²) in [6.07, 6.45) is 13.6. The normalized spacial score (nSPS) is 19.3. The van der Waals surface area contributed by atoms with Gasteiger partial charge in [-0.25, -0.2) is 4.98 Å². The van der Waals surface area contributed by atoms with Crippen molar-refractivity contribution in [3.8, 4) is 17.4 Å². The van der Waals surface area contributed by atoms with Gasteiger partial charge in [0.1, 0.15) is 11.5 Å². The van der Waals surface area contributed by atoms with Crippen molar-refractivity contribution in [3.05, 3.63) is 83.0 Å². The minimum Gasteiger partial charge on any atom is -0.508 e. The zero-order chi connectivity index (χ0) is 27.0. The van der Waals surface area contributed by atoms with Gasteiger partial charge in [-0.1, -0.05) is 37.5 Å². The molecular weight excluding hydrogens is 489 g/mol. The monoisotopic (exact) mass is 529 g/mol. The Balaban J connectivity index is 1.36. The van der Waals surface area contributed by atoms with Crippen LogP contribution in [0.2, 0.25) is 0 Å². The van der Waals surface area contributed by atoms with Gasteiger partial charge in [-0.15, -0.1) is 0 Å². The molecule has 0 amide bonds. The molecule has 2 aromatic carbocycles. The molecule has 1 aromatic heterocycles. The maximum Gasteiger partial charge on any atom is 0.213 e. The highest BCUT2D eigenvalue weighted by molar-refractivity contribution is 6.00. The van der Waals surface area contributed by atoms with Crippen LogP contribution in [0.3, 0.4) is 0 Å². The number of methoxy groups -OCH3 is 1. The summed E-state index contributed by atoms with van der Waals surface area (Å²) in [5.41, 5.74) is 7.03. The SMILES string of the molecule is COc1cc(C2=C(c3ccc(OC4CCC(CCCCCF)CC4)cc3)c3ccc(O)cc3CCC2)ccn1. The number of alkyl halides is 1. The lowest BCUT2D eigenvalue weighted by Crippen LogP contribution is -2.24. The Morgan fingerprint density at radius 1 is 0.897 bits per heavy atom. The Kier molecular flexibility index (Phi) is 9.18. The zero-order valence-electron chi connectivity index (χ0n) is 23.0. The number of ether oxygens (including phenoxy) is 2. The zero-order valence-corrected chi connectivity index (χ0v) is 23.0. The number of phenolic OH excluding ortho intramolecular Hbond substituents is 1. The summed E-state index contributed by atoms with van der Waals surface area (Å²) in [4.78, 5) is 4.32. The predicted octanol–water partition coefficient (Wildman–Crippen LogP) is 8.56. The number of rotatable bonds is 10. The number of fused-ring (bicyclic) bond motifs is 1. The number of benzene rings is 2. The van der Waals surface area contributed by atoms with Gasteiger partial charge in [-0.2, -0.15) is 0 Å². The lowest BCUT2D eigenvalue weighted by Gasteiger charge is -2.29. The van der Waals surface area contributed by atoms with Crippen molar-refractivity contribution in [2.24, 2.45) is 5.92 Å². The number of phenols is 1. The summed E-state index contributed by atoms with van der Waals surface area (Å²) in [5, 5.41) is 10.2. The third-order valence-electron chi connectivity index (χ3n) is 8.31. The first-order valence-corrected chi connectivity index (χ1v) is 14.5. The van der Waals surface area contributed by atoms with E-state index in [1.165, 1.54) is 36.0 Å². The summed E-state index contributed by atoms with van der Waals surface area (Å²) in [7, 11) is 1.65. The van der Waals surface area contributed by atoms with Gasteiger partial charge in [0.25, 0.3) is 0 Å². The number of hydrogen-bond acceptors (Lipinski definition) is 4. The molecule has 0 bridgehead atoms. The number of halogens is 1. The third kappa shape index (κ3) is 6.81. The Bertz CT molecular complexity index is 1260. The summed E-state index contributed by atoms with van der Waals surface area (Å²) < 4.78 is 24.2. The molecule has 2 aliphatic rings. The minimum atomic E-state index is -0.188. The van der Waals surface area contributed by atoms with Crippen LogP contribution < -0.4 is 9.47 Å². The van der Waals surface area contributed by atoms with Crippen LogP contribution in [0.5, 0.6) is 17.4 Å². The molecule has 5 heteroatoms. The number of aromatic hydroxyl groups is 1. The highest BCUT2D eigenvalue weighted by atomic mass is 19.1. The van der Waals surface area contributed by atoms with E-state index in [1.807, 2.05) is 18.2 Å². The second-order valence-corrected chi connectivity index (χ2v) is 11.0. The van der Waals surface area contributed by atoms with E-state index < -0.39 is 0 Å². The molecule has 206 valence electrons.